The number of rotatable bonds is 5. The zero-order valence-corrected chi connectivity index (χ0v) is 13.7. The first-order valence-electron chi connectivity index (χ1n) is 7.90. The third kappa shape index (κ3) is 3.19. The Morgan fingerprint density at radius 3 is 3.00 bits per heavy atom. The second kappa shape index (κ2) is 6.72. The largest absolute Gasteiger partial charge is 0.444 e. The molecule has 0 radical (unpaired) electrons. The summed E-state index contributed by atoms with van der Waals surface area (Å²) in [5, 5.41) is 12.8. The van der Waals surface area contributed by atoms with Crippen LogP contribution in [0.5, 0.6) is 0 Å². The topological polar surface area (TPSA) is 69.6 Å². The fraction of sp³-hybridized carbons (Fsp3) is 0.375. The Balaban J connectivity index is 1.45. The summed E-state index contributed by atoms with van der Waals surface area (Å²) in [5.74, 6) is 0.712. The summed E-state index contributed by atoms with van der Waals surface area (Å²) in [5.41, 5.74) is 1.40. The molecule has 4 rings (SSSR count). The predicted molar refractivity (Wildman–Crippen MR) is 86.8 cm³/mol. The van der Waals surface area contributed by atoms with Crippen molar-refractivity contribution in [3.8, 4) is 11.5 Å². The number of tetrazole rings is 1. The van der Waals surface area contributed by atoms with E-state index in [1.165, 1.54) is 36.7 Å². The van der Waals surface area contributed by atoms with Crippen LogP contribution in [0.4, 0.5) is 4.39 Å². The fourth-order valence-electron chi connectivity index (χ4n) is 2.92. The first kappa shape index (κ1) is 15.3. The number of oxazole rings is 1. The minimum Gasteiger partial charge on any atom is -0.444 e. The molecule has 1 aliphatic rings. The average Bonchev–Trinajstić information content (AvgIpc) is 3.33. The van der Waals surface area contributed by atoms with Crippen molar-refractivity contribution < 1.29 is 8.81 Å². The van der Waals surface area contributed by atoms with Crippen LogP contribution in [0.15, 0.2) is 40.1 Å². The minimum atomic E-state index is -0.308. The van der Waals surface area contributed by atoms with Crippen LogP contribution in [-0.2, 0) is 5.75 Å². The quantitative estimate of drug-likeness (QED) is 0.654. The Morgan fingerprint density at radius 1 is 1.29 bits per heavy atom. The summed E-state index contributed by atoms with van der Waals surface area (Å²) >= 11 is 1.54. The first-order valence-corrected chi connectivity index (χ1v) is 8.89. The molecule has 0 atom stereocenters. The zero-order valence-electron chi connectivity index (χ0n) is 12.9. The zero-order chi connectivity index (χ0) is 16.4. The van der Waals surface area contributed by atoms with E-state index < -0.39 is 0 Å². The Labute approximate surface area is 142 Å². The van der Waals surface area contributed by atoms with E-state index in [1.807, 2.05) is 4.68 Å². The van der Waals surface area contributed by atoms with Crippen molar-refractivity contribution in [2.75, 3.05) is 0 Å². The van der Waals surface area contributed by atoms with Crippen LogP contribution in [0.2, 0.25) is 0 Å². The number of halogens is 1. The molecule has 2 heterocycles. The van der Waals surface area contributed by atoms with Crippen LogP contribution in [0, 0.1) is 5.82 Å². The van der Waals surface area contributed by atoms with E-state index in [9.17, 15) is 4.39 Å². The van der Waals surface area contributed by atoms with Crippen molar-refractivity contribution in [1.82, 2.24) is 25.2 Å². The summed E-state index contributed by atoms with van der Waals surface area (Å²) in [4.78, 5) is 4.42. The van der Waals surface area contributed by atoms with Gasteiger partial charge in [0, 0.05) is 11.3 Å². The van der Waals surface area contributed by atoms with Gasteiger partial charge in [-0.05, 0) is 41.5 Å². The summed E-state index contributed by atoms with van der Waals surface area (Å²) in [6, 6.07) is 6.61. The van der Waals surface area contributed by atoms with Crippen LogP contribution in [0.1, 0.15) is 37.4 Å². The maximum atomic E-state index is 13.3. The number of nitrogens with zero attached hydrogens (tertiary/aromatic N) is 5. The highest BCUT2D eigenvalue weighted by molar-refractivity contribution is 7.98. The van der Waals surface area contributed by atoms with Crippen molar-refractivity contribution in [3.05, 3.63) is 42.0 Å². The van der Waals surface area contributed by atoms with Gasteiger partial charge in [-0.25, -0.2) is 14.1 Å². The van der Waals surface area contributed by atoms with Gasteiger partial charge in [-0.3, -0.25) is 0 Å². The van der Waals surface area contributed by atoms with Gasteiger partial charge in [-0.2, -0.15) is 0 Å². The van der Waals surface area contributed by atoms with Crippen molar-refractivity contribution in [2.24, 2.45) is 0 Å². The molecule has 0 spiro atoms. The molecule has 24 heavy (non-hydrogen) atoms. The molecule has 6 nitrogen and oxygen atoms in total. The van der Waals surface area contributed by atoms with Crippen molar-refractivity contribution in [3.63, 3.8) is 0 Å². The third-order valence-corrected chi connectivity index (χ3v) is 5.07. The van der Waals surface area contributed by atoms with Gasteiger partial charge >= 0.3 is 0 Å². The molecule has 124 valence electrons. The van der Waals surface area contributed by atoms with Crippen molar-refractivity contribution in [2.45, 2.75) is 42.6 Å². The average molecular weight is 345 g/mol. The van der Waals surface area contributed by atoms with Gasteiger partial charge in [-0.15, -0.1) is 5.10 Å². The molecule has 0 unspecified atom stereocenters. The number of hydrogen-bond donors (Lipinski definition) is 0. The standard InChI is InChI=1S/C16H16FN5OS/c17-12-5-3-4-11(8-12)15-18-13(9-23-15)10-24-16-19-20-21-22(16)14-6-1-2-7-14/h3-5,8-9,14H,1-2,6-7,10H2. The molecule has 1 aliphatic carbocycles. The molecule has 0 bridgehead atoms. The second-order valence-electron chi connectivity index (χ2n) is 5.79. The van der Waals surface area contributed by atoms with Gasteiger partial charge < -0.3 is 4.42 Å². The smallest absolute Gasteiger partial charge is 0.226 e. The molecule has 8 heteroatoms. The number of hydrogen-bond acceptors (Lipinski definition) is 6. The highest BCUT2D eigenvalue weighted by Gasteiger charge is 2.21. The maximum absolute atomic E-state index is 13.3. The monoisotopic (exact) mass is 345 g/mol. The van der Waals surface area contributed by atoms with Gasteiger partial charge in [0.05, 0.1) is 11.7 Å². The van der Waals surface area contributed by atoms with Crippen LogP contribution in [0.3, 0.4) is 0 Å². The van der Waals surface area contributed by atoms with E-state index in [-0.39, 0.29) is 5.82 Å². The lowest BCUT2D eigenvalue weighted by molar-refractivity contribution is 0.423. The molecule has 0 N–H and O–H groups in total. The van der Waals surface area contributed by atoms with Crippen LogP contribution >= 0.6 is 11.8 Å². The number of aromatic nitrogens is 5. The van der Waals surface area contributed by atoms with E-state index >= 15 is 0 Å². The normalized spacial score (nSPS) is 15.2. The number of thioether (sulfide) groups is 1. The van der Waals surface area contributed by atoms with Crippen molar-refractivity contribution >= 4 is 11.8 Å². The maximum Gasteiger partial charge on any atom is 0.226 e. The van der Waals surface area contributed by atoms with Gasteiger partial charge in [-0.1, -0.05) is 30.7 Å². The molecular formula is C16H16FN5OS. The Morgan fingerprint density at radius 2 is 2.17 bits per heavy atom. The lowest BCUT2D eigenvalue weighted by Crippen LogP contribution is -2.08. The molecule has 1 fully saturated rings. The molecule has 0 amide bonds. The molecule has 2 aromatic heterocycles. The number of benzene rings is 1. The lowest BCUT2D eigenvalue weighted by atomic mass is 10.2. The first-order chi connectivity index (χ1) is 11.8. The molecule has 0 aliphatic heterocycles. The summed E-state index contributed by atoms with van der Waals surface area (Å²) in [6.45, 7) is 0. The summed E-state index contributed by atoms with van der Waals surface area (Å²) in [7, 11) is 0. The molecular weight excluding hydrogens is 329 g/mol. The van der Waals surface area contributed by atoms with Gasteiger partial charge in [0.1, 0.15) is 12.1 Å². The SMILES string of the molecule is Fc1cccc(-c2nc(CSc3nnnn3C3CCCC3)co2)c1. The van der Waals surface area contributed by atoms with Crippen LogP contribution < -0.4 is 0 Å². The van der Waals surface area contributed by atoms with Gasteiger partial charge in [0.2, 0.25) is 11.0 Å². The predicted octanol–water partition coefficient (Wildman–Crippen LogP) is 3.87. The highest BCUT2D eigenvalue weighted by atomic mass is 32.2. The molecule has 1 saturated carbocycles. The third-order valence-electron chi connectivity index (χ3n) is 4.11. The lowest BCUT2D eigenvalue weighted by Gasteiger charge is -2.10. The fourth-order valence-corrected chi connectivity index (χ4v) is 3.75. The van der Waals surface area contributed by atoms with E-state index in [2.05, 4.69) is 20.5 Å². The molecule has 1 aromatic carbocycles. The van der Waals surface area contributed by atoms with Crippen molar-refractivity contribution in [1.29, 1.82) is 0 Å². The van der Waals surface area contributed by atoms with E-state index in [0.29, 0.717) is 23.2 Å². The minimum absolute atomic E-state index is 0.308. The summed E-state index contributed by atoms with van der Waals surface area (Å²) in [6.07, 6.45) is 6.32. The summed E-state index contributed by atoms with van der Waals surface area (Å²) < 4.78 is 20.7. The van der Waals surface area contributed by atoms with E-state index in [4.69, 9.17) is 4.42 Å². The Kier molecular flexibility index (Phi) is 4.29. The Bertz CT molecular complexity index is 827. The molecule has 0 saturated heterocycles. The van der Waals surface area contributed by atoms with Crippen LogP contribution in [-0.4, -0.2) is 25.2 Å². The second-order valence-corrected chi connectivity index (χ2v) is 6.73. The molecule has 3 aromatic rings. The van der Waals surface area contributed by atoms with Gasteiger partial charge in [0.15, 0.2) is 0 Å². The highest BCUT2D eigenvalue weighted by Crippen LogP contribution is 2.32. The van der Waals surface area contributed by atoms with Gasteiger partial charge in [0.25, 0.3) is 0 Å². The van der Waals surface area contributed by atoms with Crippen LogP contribution in [0.25, 0.3) is 11.5 Å². The Hall–Kier alpha value is -2.22. The van der Waals surface area contributed by atoms with E-state index in [0.717, 1.165) is 23.7 Å². The van der Waals surface area contributed by atoms with E-state index in [1.54, 1.807) is 18.4 Å².